The van der Waals surface area contributed by atoms with Crippen LogP contribution in [-0.4, -0.2) is 21.4 Å². The van der Waals surface area contributed by atoms with E-state index in [4.69, 9.17) is 0 Å². The third-order valence-corrected chi connectivity index (χ3v) is 4.01. The Labute approximate surface area is 146 Å². The minimum Gasteiger partial charge on any atom is -0.435 e. The van der Waals surface area contributed by atoms with E-state index >= 15 is 0 Å². The number of hydrogen-bond acceptors (Lipinski definition) is 4. The number of hydrogen-bond donors (Lipinski definition) is 1. The van der Waals surface area contributed by atoms with Crippen LogP contribution in [0.2, 0.25) is 0 Å². The van der Waals surface area contributed by atoms with Gasteiger partial charge in [-0.15, -0.1) is 0 Å². The van der Waals surface area contributed by atoms with Gasteiger partial charge in [0.1, 0.15) is 23.9 Å². The monoisotopic (exact) mass is 358 g/mol. The first-order chi connectivity index (χ1) is 12.6. The molecule has 2 aromatic carbocycles. The maximum absolute atomic E-state index is 13.2. The van der Waals surface area contributed by atoms with Gasteiger partial charge in [0.05, 0.1) is 0 Å². The molecule has 0 spiro atoms. The Bertz CT molecular complexity index is 936. The van der Waals surface area contributed by atoms with Crippen molar-refractivity contribution in [1.82, 2.24) is 14.8 Å². The average Bonchev–Trinajstić information content (AvgIpc) is 3.10. The smallest absolute Gasteiger partial charge is 0.387 e. The van der Waals surface area contributed by atoms with Crippen molar-refractivity contribution in [3.05, 3.63) is 77.9 Å². The predicted molar refractivity (Wildman–Crippen MR) is 89.2 cm³/mol. The van der Waals surface area contributed by atoms with Gasteiger partial charge in [-0.1, -0.05) is 12.1 Å². The normalized spacial score (nSPS) is 16.0. The van der Waals surface area contributed by atoms with Crippen molar-refractivity contribution in [2.45, 2.75) is 12.7 Å². The molecule has 0 fully saturated rings. The van der Waals surface area contributed by atoms with Gasteiger partial charge >= 0.3 is 6.61 Å². The van der Waals surface area contributed by atoms with E-state index in [0.717, 1.165) is 16.8 Å². The Morgan fingerprint density at radius 2 is 1.77 bits per heavy atom. The Morgan fingerprint density at radius 3 is 2.46 bits per heavy atom. The van der Waals surface area contributed by atoms with Gasteiger partial charge in [0.25, 0.3) is 0 Å². The lowest BCUT2D eigenvalue weighted by atomic mass is 10.0. The first-order valence-corrected chi connectivity index (χ1v) is 7.79. The molecule has 5 nitrogen and oxygen atoms in total. The van der Waals surface area contributed by atoms with Crippen LogP contribution in [0.25, 0.3) is 5.70 Å². The molecule has 0 bridgehead atoms. The van der Waals surface area contributed by atoms with E-state index < -0.39 is 6.61 Å². The molecule has 1 atom stereocenters. The molecule has 26 heavy (non-hydrogen) atoms. The number of fused-ring (bicyclic) bond motifs is 1. The number of allylic oxidation sites excluding steroid dienone is 1. The molecule has 0 radical (unpaired) electrons. The minimum atomic E-state index is -2.87. The molecule has 132 valence electrons. The summed E-state index contributed by atoms with van der Waals surface area (Å²) >= 11 is 0. The average molecular weight is 358 g/mol. The van der Waals surface area contributed by atoms with Gasteiger partial charge in [0.15, 0.2) is 0 Å². The van der Waals surface area contributed by atoms with Crippen molar-refractivity contribution in [2.75, 3.05) is 5.32 Å². The Morgan fingerprint density at radius 1 is 1.04 bits per heavy atom. The molecule has 1 aromatic heterocycles. The quantitative estimate of drug-likeness (QED) is 0.764. The summed E-state index contributed by atoms with van der Waals surface area (Å²) in [6.07, 6.45) is 3.34. The van der Waals surface area contributed by atoms with Crippen LogP contribution in [0.5, 0.6) is 5.75 Å². The Kier molecular flexibility index (Phi) is 4.08. The maximum atomic E-state index is 13.2. The molecule has 0 saturated heterocycles. The number of anilines is 1. The van der Waals surface area contributed by atoms with E-state index in [9.17, 15) is 13.2 Å². The molecule has 1 N–H and O–H groups in total. The molecule has 0 amide bonds. The van der Waals surface area contributed by atoms with Crippen molar-refractivity contribution in [3.8, 4) is 5.75 Å². The molecule has 2 heterocycles. The van der Waals surface area contributed by atoms with Crippen molar-refractivity contribution in [1.29, 1.82) is 0 Å². The molecule has 0 saturated carbocycles. The van der Waals surface area contributed by atoms with E-state index in [1.54, 1.807) is 28.9 Å². The first kappa shape index (κ1) is 16.2. The number of nitrogens with zero attached hydrogens (tertiary/aromatic N) is 3. The zero-order valence-electron chi connectivity index (χ0n) is 13.3. The number of alkyl halides is 2. The van der Waals surface area contributed by atoms with E-state index in [1.807, 2.05) is 6.08 Å². The molecule has 8 heteroatoms. The number of aromatic nitrogens is 3. The molecular formula is C18H13F3N4O. The van der Waals surface area contributed by atoms with Crippen molar-refractivity contribution in [3.63, 3.8) is 0 Å². The highest BCUT2D eigenvalue weighted by atomic mass is 19.3. The van der Waals surface area contributed by atoms with Crippen LogP contribution in [-0.2, 0) is 0 Å². The second-order valence-electron chi connectivity index (χ2n) is 5.63. The Hall–Kier alpha value is -3.29. The summed E-state index contributed by atoms with van der Waals surface area (Å²) in [7, 11) is 0. The number of benzene rings is 2. The summed E-state index contributed by atoms with van der Waals surface area (Å²) in [4.78, 5) is 4.18. The fourth-order valence-corrected chi connectivity index (χ4v) is 2.82. The van der Waals surface area contributed by atoms with Crippen LogP contribution in [0.3, 0.4) is 0 Å². The highest BCUT2D eigenvalue weighted by Crippen LogP contribution is 2.32. The van der Waals surface area contributed by atoms with Gasteiger partial charge in [0.2, 0.25) is 5.95 Å². The van der Waals surface area contributed by atoms with Gasteiger partial charge in [-0.2, -0.15) is 18.9 Å². The number of rotatable bonds is 4. The van der Waals surface area contributed by atoms with Crippen molar-refractivity contribution < 1.29 is 17.9 Å². The van der Waals surface area contributed by atoms with Crippen LogP contribution in [0, 0.1) is 5.82 Å². The zero-order chi connectivity index (χ0) is 18.1. The van der Waals surface area contributed by atoms with Crippen LogP contribution < -0.4 is 10.1 Å². The second-order valence-corrected chi connectivity index (χ2v) is 5.63. The second kappa shape index (κ2) is 6.55. The van der Waals surface area contributed by atoms with E-state index in [-0.39, 0.29) is 17.6 Å². The van der Waals surface area contributed by atoms with Gasteiger partial charge in [-0.3, -0.25) is 0 Å². The van der Waals surface area contributed by atoms with Gasteiger partial charge < -0.3 is 10.1 Å². The lowest BCUT2D eigenvalue weighted by Crippen LogP contribution is -2.20. The molecule has 1 aliphatic rings. The predicted octanol–water partition coefficient (Wildman–Crippen LogP) is 4.07. The molecule has 0 unspecified atom stereocenters. The summed E-state index contributed by atoms with van der Waals surface area (Å²) in [5.74, 6) is 0.295. The summed E-state index contributed by atoms with van der Waals surface area (Å²) in [5.41, 5.74) is 2.35. The summed E-state index contributed by atoms with van der Waals surface area (Å²) in [6.45, 7) is -2.87. The van der Waals surface area contributed by atoms with Gasteiger partial charge in [0, 0.05) is 5.70 Å². The lowest BCUT2D eigenvalue weighted by Gasteiger charge is -2.24. The molecule has 1 aliphatic heterocycles. The van der Waals surface area contributed by atoms with Crippen LogP contribution >= 0.6 is 0 Å². The highest BCUT2D eigenvalue weighted by Gasteiger charge is 2.23. The van der Waals surface area contributed by atoms with Gasteiger partial charge in [-0.05, 0) is 53.6 Å². The first-order valence-electron chi connectivity index (χ1n) is 7.79. The van der Waals surface area contributed by atoms with Crippen molar-refractivity contribution in [2.24, 2.45) is 0 Å². The lowest BCUT2D eigenvalue weighted by molar-refractivity contribution is -0.0498. The van der Waals surface area contributed by atoms with E-state index in [2.05, 4.69) is 20.1 Å². The summed E-state index contributed by atoms with van der Waals surface area (Å²) in [6, 6.07) is 12.1. The fourth-order valence-electron chi connectivity index (χ4n) is 2.82. The fraction of sp³-hybridized carbons (Fsp3) is 0.111. The molecule has 0 aliphatic carbocycles. The third kappa shape index (κ3) is 3.13. The van der Waals surface area contributed by atoms with Crippen molar-refractivity contribution >= 4 is 11.6 Å². The van der Waals surface area contributed by atoms with Gasteiger partial charge in [-0.25, -0.2) is 9.07 Å². The summed E-state index contributed by atoms with van der Waals surface area (Å²) in [5, 5.41) is 7.37. The van der Waals surface area contributed by atoms with Crippen LogP contribution in [0.4, 0.5) is 19.1 Å². The molecule has 4 rings (SSSR count). The largest absolute Gasteiger partial charge is 0.435 e. The Balaban J connectivity index is 1.69. The highest BCUT2D eigenvalue weighted by molar-refractivity contribution is 5.77. The third-order valence-electron chi connectivity index (χ3n) is 4.01. The van der Waals surface area contributed by atoms with E-state index in [1.165, 1.54) is 30.6 Å². The molecule has 3 aromatic rings. The van der Waals surface area contributed by atoms with Crippen LogP contribution in [0.1, 0.15) is 17.2 Å². The maximum Gasteiger partial charge on any atom is 0.387 e. The number of halogens is 3. The SMILES string of the molecule is Fc1ccc([C@H]2C=C(c3ccc(OC(F)F)cc3)Nc3ncnn32)cc1. The van der Waals surface area contributed by atoms with Crippen LogP contribution in [0.15, 0.2) is 60.9 Å². The van der Waals surface area contributed by atoms with E-state index in [0.29, 0.717) is 5.95 Å². The zero-order valence-corrected chi connectivity index (χ0v) is 13.3. The standard InChI is InChI=1S/C18H13F3N4O/c19-13-5-1-12(2-6-13)16-9-15(24-18-22-10-23-25(16)18)11-3-7-14(8-4-11)26-17(20)21/h1-10,16-17H,(H,22,23,24)/t16-/m1/s1. The topological polar surface area (TPSA) is 52.0 Å². The number of nitrogens with one attached hydrogen (secondary N) is 1. The number of ether oxygens (including phenoxy) is 1. The molecular weight excluding hydrogens is 345 g/mol. The summed E-state index contributed by atoms with van der Waals surface area (Å²) < 4.78 is 43.8. The minimum absolute atomic E-state index is 0.0819.